The summed E-state index contributed by atoms with van der Waals surface area (Å²) in [6.45, 7) is 0. The number of benzene rings is 2. The van der Waals surface area contributed by atoms with Crippen LogP contribution < -0.4 is 11.2 Å². The second-order valence-corrected chi connectivity index (χ2v) is 4.06. The predicted octanol–water partition coefficient (Wildman–Crippen LogP) is 2.94. The van der Waals surface area contributed by atoms with Gasteiger partial charge in [0.05, 0.1) is 0 Å². The van der Waals surface area contributed by atoms with Gasteiger partial charge in [-0.15, -0.1) is 0 Å². The van der Waals surface area contributed by atoms with Gasteiger partial charge in [-0.05, 0) is 11.5 Å². The lowest BCUT2D eigenvalue weighted by Gasteiger charge is -1.95. The highest BCUT2D eigenvalue weighted by Gasteiger charge is 2.03. The molecule has 0 unspecified atom stereocenters. The van der Waals surface area contributed by atoms with Crippen LogP contribution >= 0.6 is 0 Å². The van der Waals surface area contributed by atoms with E-state index in [0.717, 1.165) is 16.2 Å². The first-order chi connectivity index (χ1) is 8.27. The van der Waals surface area contributed by atoms with Gasteiger partial charge in [-0.3, -0.25) is 4.79 Å². The molecule has 0 aromatic heterocycles. The van der Waals surface area contributed by atoms with Crippen LogP contribution in [0.1, 0.15) is 0 Å². The molecule has 0 aliphatic heterocycles. The molecule has 17 heavy (non-hydrogen) atoms. The van der Waals surface area contributed by atoms with Crippen molar-refractivity contribution >= 4 is 27.2 Å². The first-order valence-corrected chi connectivity index (χ1v) is 5.47. The maximum absolute atomic E-state index is 12.4. The van der Waals surface area contributed by atoms with Crippen molar-refractivity contribution in [2.75, 3.05) is 5.73 Å². The zero-order chi connectivity index (χ0) is 11.8. The van der Waals surface area contributed by atoms with Crippen molar-refractivity contribution in [3.8, 4) is 0 Å². The van der Waals surface area contributed by atoms with Gasteiger partial charge in [-0.25, -0.2) is 0 Å². The minimum absolute atomic E-state index is 0.0351. The van der Waals surface area contributed by atoms with Gasteiger partial charge in [0.25, 0.3) is 0 Å². The minimum Gasteiger partial charge on any atom is -0.398 e. The molecule has 3 aromatic rings. The van der Waals surface area contributed by atoms with Crippen molar-refractivity contribution in [3.05, 3.63) is 64.8 Å². The van der Waals surface area contributed by atoms with E-state index in [0.29, 0.717) is 11.1 Å². The molecule has 3 aromatic carbocycles. The van der Waals surface area contributed by atoms with Crippen molar-refractivity contribution in [1.82, 2.24) is 0 Å². The van der Waals surface area contributed by atoms with E-state index in [4.69, 9.17) is 5.73 Å². The molecule has 0 aliphatic carbocycles. The molecule has 0 amide bonds. The zero-order valence-electron chi connectivity index (χ0n) is 9.18. The summed E-state index contributed by atoms with van der Waals surface area (Å²) in [6, 6.07) is 16.9. The second-order valence-electron chi connectivity index (χ2n) is 4.06. The SMILES string of the molecule is Nc1cccc2c(=O)c3ccccc3ccc12. The van der Waals surface area contributed by atoms with Crippen molar-refractivity contribution < 1.29 is 0 Å². The number of anilines is 1. The monoisotopic (exact) mass is 221 g/mol. The highest BCUT2D eigenvalue weighted by Crippen LogP contribution is 2.19. The van der Waals surface area contributed by atoms with E-state index in [2.05, 4.69) is 0 Å². The number of fused-ring (bicyclic) bond motifs is 2. The van der Waals surface area contributed by atoms with Gasteiger partial charge < -0.3 is 5.73 Å². The number of hydrogen-bond acceptors (Lipinski definition) is 2. The summed E-state index contributed by atoms with van der Waals surface area (Å²) in [6.07, 6.45) is 0. The van der Waals surface area contributed by atoms with Gasteiger partial charge in [-0.1, -0.05) is 48.5 Å². The topological polar surface area (TPSA) is 43.1 Å². The van der Waals surface area contributed by atoms with E-state index in [-0.39, 0.29) is 5.43 Å². The molecule has 82 valence electrons. The van der Waals surface area contributed by atoms with E-state index in [1.165, 1.54) is 0 Å². The summed E-state index contributed by atoms with van der Waals surface area (Å²) in [5, 5.41) is 3.15. The molecule has 0 heterocycles. The van der Waals surface area contributed by atoms with Gasteiger partial charge >= 0.3 is 0 Å². The molecule has 0 atom stereocenters. The molecule has 0 fully saturated rings. The van der Waals surface area contributed by atoms with E-state index in [1.807, 2.05) is 54.6 Å². The highest BCUT2D eigenvalue weighted by molar-refractivity contribution is 5.98. The molecule has 0 bridgehead atoms. The zero-order valence-corrected chi connectivity index (χ0v) is 9.18. The fraction of sp³-hybridized carbons (Fsp3) is 0. The van der Waals surface area contributed by atoms with Crippen LogP contribution in [-0.2, 0) is 0 Å². The van der Waals surface area contributed by atoms with Crippen LogP contribution in [0.5, 0.6) is 0 Å². The highest BCUT2D eigenvalue weighted by atomic mass is 16.1. The third-order valence-corrected chi connectivity index (χ3v) is 3.02. The Morgan fingerprint density at radius 3 is 2.35 bits per heavy atom. The first-order valence-electron chi connectivity index (χ1n) is 5.47. The van der Waals surface area contributed by atoms with Gasteiger partial charge in [0.1, 0.15) is 0 Å². The molecule has 3 rings (SSSR count). The van der Waals surface area contributed by atoms with Crippen LogP contribution in [0.4, 0.5) is 5.69 Å². The quantitative estimate of drug-likeness (QED) is 0.593. The number of hydrogen-bond donors (Lipinski definition) is 1. The predicted molar refractivity (Wildman–Crippen MR) is 72.1 cm³/mol. The third kappa shape index (κ3) is 1.46. The largest absolute Gasteiger partial charge is 0.398 e. The molecular weight excluding hydrogens is 210 g/mol. The van der Waals surface area contributed by atoms with Crippen LogP contribution in [0.3, 0.4) is 0 Å². The fourth-order valence-electron chi connectivity index (χ4n) is 2.13. The van der Waals surface area contributed by atoms with Crippen LogP contribution in [0, 0.1) is 0 Å². The van der Waals surface area contributed by atoms with Crippen LogP contribution in [-0.4, -0.2) is 0 Å². The summed E-state index contributed by atoms with van der Waals surface area (Å²) >= 11 is 0. The Morgan fingerprint density at radius 2 is 1.47 bits per heavy atom. The van der Waals surface area contributed by atoms with Crippen LogP contribution in [0.25, 0.3) is 21.5 Å². The van der Waals surface area contributed by atoms with Crippen molar-refractivity contribution in [3.63, 3.8) is 0 Å². The Labute approximate surface area is 98.3 Å². The molecule has 0 radical (unpaired) electrons. The van der Waals surface area contributed by atoms with Crippen LogP contribution in [0.2, 0.25) is 0 Å². The van der Waals surface area contributed by atoms with Gasteiger partial charge in [0, 0.05) is 21.8 Å². The maximum Gasteiger partial charge on any atom is 0.194 e. The first kappa shape index (κ1) is 9.85. The average molecular weight is 221 g/mol. The lowest BCUT2D eigenvalue weighted by molar-refractivity contribution is 1.73. The fourth-order valence-corrected chi connectivity index (χ4v) is 2.13. The van der Waals surface area contributed by atoms with E-state index in [9.17, 15) is 4.79 Å². The summed E-state index contributed by atoms with van der Waals surface area (Å²) < 4.78 is 0. The average Bonchev–Trinajstić information content (AvgIpc) is 2.50. The summed E-state index contributed by atoms with van der Waals surface area (Å²) in [5.41, 5.74) is 6.58. The minimum atomic E-state index is 0.0351. The molecule has 2 nitrogen and oxygen atoms in total. The van der Waals surface area contributed by atoms with E-state index >= 15 is 0 Å². The molecule has 0 saturated heterocycles. The lowest BCUT2D eigenvalue weighted by atomic mass is 10.1. The lowest BCUT2D eigenvalue weighted by Crippen LogP contribution is -1.99. The number of rotatable bonds is 0. The molecule has 0 spiro atoms. The van der Waals surface area contributed by atoms with Gasteiger partial charge in [0.2, 0.25) is 0 Å². The second kappa shape index (κ2) is 3.59. The standard InChI is InChI=1S/C15H11NO/c16-14-7-3-6-13-12(14)9-8-10-4-1-2-5-11(10)15(13)17/h1-9H,16H2. The summed E-state index contributed by atoms with van der Waals surface area (Å²) in [5.74, 6) is 0. The molecule has 0 aliphatic rings. The van der Waals surface area contributed by atoms with Crippen molar-refractivity contribution in [1.29, 1.82) is 0 Å². The Morgan fingerprint density at radius 1 is 0.706 bits per heavy atom. The molecule has 2 N–H and O–H groups in total. The maximum atomic E-state index is 12.4. The Bertz CT molecular complexity index is 778. The third-order valence-electron chi connectivity index (χ3n) is 3.02. The molecule has 0 saturated carbocycles. The molecular formula is C15H11NO. The van der Waals surface area contributed by atoms with Gasteiger partial charge in [0.15, 0.2) is 5.43 Å². The normalized spacial score (nSPS) is 10.8. The summed E-state index contributed by atoms with van der Waals surface area (Å²) in [4.78, 5) is 12.4. The van der Waals surface area contributed by atoms with Crippen LogP contribution in [0.15, 0.2) is 59.4 Å². The number of nitrogen functional groups attached to an aromatic ring is 1. The van der Waals surface area contributed by atoms with E-state index in [1.54, 1.807) is 0 Å². The van der Waals surface area contributed by atoms with Crippen molar-refractivity contribution in [2.45, 2.75) is 0 Å². The smallest absolute Gasteiger partial charge is 0.194 e. The Kier molecular flexibility index (Phi) is 2.08. The number of nitrogens with two attached hydrogens (primary N) is 1. The van der Waals surface area contributed by atoms with Crippen molar-refractivity contribution in [2.24, 2.45) is 0 Å². The Balaban J connectivity index is 2.69. The summed E-state index contributed by atoms with van der Waals surface area (Å²) in [7, 11) is 0. The van der Waals surface area contributed by atoms with Gasteiger partial charge in [-0.2, -0.15) is 0 Å². The molecule has 2 heteroatoms. The van der Waals surface area contributed by atoms with E-state index < -0.39 is 0 Å². The Hall–Kier alpha value is -2.35.